The van der Waals surface area contributed by atoms with Crippen molar-refractivity contribution in [2.45, 2.75) is 19.3 Å². The first-order chi connectivity index (χ1) is 14.0. The zero-order chi connectivity index (χ0) is 20.6. The highest BCUT2D eigenvalue weighted by Crippen LogP contribution is 2.20. The Morgan fingerprint density at radius 2 is 1.62 bits per heavy atom. The van der Waals surface area contributed by atoms with E-state index in [0.29, 0.717) is 23.4 Å². The van der Waals surface area contributed by atoms with Crippen LogP contribution >= 0.6 is 11.6 Å². The zero-order valence-electron chi connectivity index (χ0n) is 15.6. The molecule has 0 unspecified atom stereocenters. The summed E-state index contributed by atoms with van der Waals surface area (Å²) in [6.07, 6.45) is 1.96. The number of halogens is 2. The van der Waals surface area contributed by atoms with Crippen LogP contribution in [0.15, 0.2) is 72.8 Å². The van der Waals surface area contributed by atoms with Crippen molar-refractivity contribution in [2.24, 2.45) is 0 Å². The standard InChI is InChI=1S/C23H20ClFN2O2/c24-20-15-19(12-13-21(20)25)27-23(29)17-9-5-10-18(14-17)26-22(28)11-4-8-16-6-2-1-3-7-16/h1-3,5-7,9-10,12-15H,4,8,11H2,(H,26,28)(H,27,29). The van der Waals surface area contributed by atoms with E-state index in [1.807, 2.05) is 30.3 Å². The molecule has 2 N–H and O–H groups in total. The molecular weight excluding hydrogens is 391 g/mol. The third kappa shape index (κ3) is 6.16. The van der Waals surface area contributed by atoms with Crippen molar-refractivity contribution >= 4 is 34.8 Å². The summed E-state index contributed by atoms with van der Waals surface area (Å²) in [5.74, 6) is -1.04. The van der Waals surface area contributed by atoms with Crippen molar-refractivity contribution < 1.29 is 14.0 Å². The molecular formula is C23H20ClFN2O2. The molecule has 0 aliphatic rings. The van der Waals surface area contributed by atoms with E-state index in [2.05, 4.69) is 10.6 Å². The van der Waals surface area contributed by atoms with Gasteiger partial charge in [0.1, 0.15) is 5.82 Å². The molecule has 4 nitrogen and oxygen atoms in total. The Kier molecular flexibility index (Phi) is 6.98. The Bertz CT molecular complexity index is 1010. The summed E-state index contributed by atoms with van der Waals surface area (Å²) >= 11 is 5.73. The third-order valence-electron chi connectivity index (χ3n) is 4.30. The number of aryl methyl sites for hydroxylation is 1. The van der Waals surface area contributed by atoms with E-state index in [1.54, 1.807) is 24.3 Å². The lowest BCUT2D eigenvalue weighted by atomic mass is 10.1. The summed E-state index contributed by atoms with van der Waals surface area (Å²) in [5, 5.41) is 5.40. The lowest BCUT2D eigenvalue weighted by molar-refractivity contribution is -0.116. The molecule has 0 aromatic heterocycles. The first kappa shape index (κ1) is 20.6. The maximum atomic E-state index is 13.2. The van der Waals surface area contributed by atoms with E-state index < -0.39 is 5.82 Å². The maximum Gasteiger partial charge on any atom is 0.255 e. The molecule has 0 spiro atoms. The molecule has 0 atom stereocenters. The molecule has 0 saturated heterocycles. The lowest BCUT2D eigenvalue weighted by Gasteiger charge is -2.09. The monoisotopic (exact) mass is 410 g/mol. The van der Waals surface area contributed by atoms with E-state index in [0.717, 1.165) is 12.8 Å². The fourth-order valence-electron chi connectivity index (χ4n) is 2.84. The van der Waals surface area contributed by atoms with Crippen LogP contribution in [0.25, 0.3) is 0 Å². The summed E-state index contributed by atoms with van der Waals surface area (Å²) in [6.45, 7) is 0. The molecule has 0 saturated carbocycles. The highest BCUT2D eigenvalue weighted by molar-refractivity contribution is 6.31. The number of amides is 2. The van der Waals surface area contributed by atoms with Crippen LogP contribution in [0.4, 0.5) is 15.8 Å². The first-order valence-corrected chi connectivity index (χ1v) is 9.59. The summed E-state index contributed by atoms with van der Waals surface area (Å²) < 4.78 is 13.2. The summed E-state index contributed by atoms with van der Waals surface area (Å²) in [4.78, 5) is 24.6. The number of benzene rings is 3. The normalized spacial score (nSPS) is 10.4. The molecule has 0 heterocycles. The van der Waals surface area contributed by atoms with E-state index in [9.17, 15) is 14.0 Å². The average molecular weight is 411 g/mol. The van der Waals surface area contributed by atoms with Crippen molar-refractivity contribution in [1.82, 2.24) is 0 Å². The Morgan fingerprint density at radius 1 is 0.862 bits per heavy atom. The second-order valence-corrected chi connectivity index (χ2v) is 6.96. The largest absolute Gasteiger partial charge is 0.326 e. The van der Waals surface area contributed by atoms with E-state index in [-0.39, 0.29) is 16.8 Å². The van der Waals surface area contributed by atoms with Gasteiger partial charge in [0.15, 0.2) is 0 Å². The molecule has 3 aromatic carbocycles. The van der Waals surface area contributed by atoms with Gasteiger partial charge < -0.3 is 10.6 Å². The predicted molar refractivity (Wildman–Crippen MR) is 114 cm³/mol. The Balaban J connectivity index is 1.54. The Morgan fingerprint density at radius 3 is 2.38 bits per heavy atom. The van der Waals surface area contributed by atoms with Gasteiger partial charge in [-0.15, -0.1) is 0 Å². The van der Waals surface area contributed by atoms with Crippen molar-refractivity contribution in [3.05, 3.63) is 94.8 Å². The molecule has 0 aliphatic carbocycles. The lowest BCUT2D eigenvalue weighted by Crippen LogP contribution is -2.14. The minimum atomic E-state index is -0.554. The van der Waals surface area contributed by atoms with Gasteiger partial charge in [-0.1, -0.05) is 48.0 Å². The third-order valence-corrected chi connectivity index (χ3v) is 4.59. The number of carbonyl (C=O) groups is 2. The van der Waals surface area contributed by atoms with Crippen LogP contribution < -0.4 is 10.6 Å². The number of rotatable bonds is 7. The van der Waals surface area contributed by atoms with E-state index in [1.165, 1.54) is 23.8 Å². The van der Waals surface area contributed by atoms with E-state index >= 15 is 0 Å². The quantitative estimate of drug-likeness (QED) is 0.525. The van der Waals surface area contributed by atoms with Gasteiger partial charge >= 0.3 is 0 Å². The van der Waals surface area contributed by atoms with Gasteiger partial charge in [0.25, 0.3) is 5.91 Å². The molecule has 0 bridgehead atoms. The molecule has 0 radical (unpaired) electrons. The molecule has 148 valence electrons. The second-order valence-electron chi connectivity index (χ2n) is 6.55. The van der Waals surface area contributed by atoms with Crippen LogP contribution in [0.2, 0.25) is 5.02 Å². The average Bonchev–Trinajstić information content (AvgIpc) is 2.72. The molecule has 3 rings (SSSR count). The SMILES string of the molecule is O=C(CCCc1ccccc1)Nc1cccc(C(=O)Nc2ccc(F)c(Cl)c2)c1. The number of carbonyl (C=O) groups excluding carboxylic acids is 2. The zero-order valence-corrected chi connectivity index (χ0v) is 16.4. The molecule has 29 heavy (non-hydrogen) atoms. The van der Waals surface area contributed by atoms with Crippen molar-refractivity contribution in [3.63, 3.8) is 0 Å². The van der Waals surface area contributed by atoms with Gasteiger partial charge in [-0.2, -0.15) is 0 Å². The minimum absolute atomic E-state index is 0.0701. The van der Waals surface area contributed by atoms with Crippen LogP contribution in [0.1, 0.15) is 28.8 Å². The molecule has 0 aliphatic heterocycles. The topological polar surface area (TPSA) is 58.2 Å². The van der Waals surface area contributed by atoms with E-state index in [4.69, 9.17) is 11.6 Å². The first-order valence-electron chi connectivity index (χ1n) is 9.21. The highest BCUT2D eigenvalue weighted by atomic mass is 35.5. The number of anilines is 2. The van der Waals surface area contributed by atoms with Gasteiger partial charge in [-0.05, 0) is 54.8 Å². The maximum absolute atomic E-state index is 13.2. The Labute approximate surface area is 173 Å². The number of nitrogens with one attached hydrogen (secondary N) is 2. The van der Waals surface area contributed by atoms with Gasteiger partial charge in [-0.3, -0.25) is 9.59 Å². The molecule has 2 amide bonds. The van der Waals surface area contributed by atoms with Gasteiger partial charge in [0, 0.05) is 23.4 Å². The number of hydrogen-bond acceptors (Lipinski definition) is 2. The number of hydrogen-bond donors (Lipinski definition) is 2. The second kappa shape index (κ2) is 9.85. The van der Waals surface area contributed by atoms with Crippen LogP contribution in [-0.2, 0) is 11.2 Å². The van der Waals surface area contributed by atoms with Crippen LogP contribution in [0.3, 0.4) is 0 Å². The van der Waals surface area contributed by atoms with Gasteiger partial charge in [-0.25, -0.2) is 4.39 Å². The van der Waals surface area contributed by atoms with Crippen molar-refractivity contribution in [3.8, 4) is 0 Å². The smallest absolute Gasteiger partial charge is 0.255 e. The molecule has 3 aromatic rings. The van der Waals surface area contributed by atoms with Crippen LogP contribution in [-0.4, -0.2) is 11.8 Å². The van der Waals surface area contributed by atoms with Gasteiger partial charge in [0.2, 0.25) is 5.91 Å². The van der Waals surface area contributed by atoms with Crippen molar-refractivity contribution in [2.75, 3.05) is 10.6 Å². The predicted octanol–water partition coefficient (Wildman–Crippen LogP) is 5.69. The van der Waals surface area contributed by atoms with Crippen molar-refractivity contribution in [1.29, 1.82) is 0 Å². The van der Waals surface area contributed by atoms with Crippen LogP contribution in [0.5, 0.6) is 0 Å². The molecule has 6 heteroatoms. The summed E-state index contributed by atoms with van der Waals surface area (Å²) in [6, 6.07) is 20.6. The summed E-state index contributed by atoms with van der Waals surface area (Å²) in [7, 11) is 0. The summed E-state index contributed by atoms with van der Waals surface area (Å²) in [5.41, 5.74) is 2.49. The van der Waals surface area contributed by atoms with Gasteiger partial charge in [0.05, 0.1) is 5.02 Å². The molecule has 0 fully saturated rings. The van der Waals surface area contributed by atoms with Crippen LogP contribution in [0, 0.1) is 5.82 Å². The highest BCUT2D eigenvalue weighted by Gasteiger charge is 2.10. The fourth-order valence-corrected chi connectivity index (χ4v) is 3.02. The fraction of sp³-hybridized carbons (Fsp3) is 0.130. The Hall–Kier alpha value is -3.18. The minimum Gasteiger partial charge on any atom is -0.326 e.